The van der Waals surface area contributed by atoms with E-state index in [1.54, 1.807) is 0 Å². The van der Waals surface area contributed by atoms with Crippen LogP contribution in [0.4, 0.5) is 0 Å². The highest BCUT2D eigenvalue weighted by atomic mass is 16.6. The van der Waals surface area contributed by atoms with Crippen molar-refractivity contribution in [2.45, 2.75) is 43.2 Å². The second kappa shape index (κ2) is 10.7. The average molecular weight is 655 g/mol. The molecular formula is C32H30O15. The van der Waals surface area contributed by atoms with Gasteiger partial charge in [-0.2, -0.15) is 0 Å². The first-order valence-electron chi connectivity index (χ1n) is 14.4. The standard InChI is InChI=1S/C32H30O15/c1-11-8-16(35)21-24(38)19-15(34)6-4-14(26(19)47-31(21,27(11)40)29(42)44-2)13-5-7-18-20(23(13)37)25(39)22-17(36)9-12(10-33)28(41)32(22,46-18)30(43)45-3/h4-7,11-12,27-28,33-34,37-41H,8-10H2,1-3H3. The van der Waals surface area contributed by atoms with Gasteiger partial charge >= 0.3 is 11.9 Å². The Hall–Kier alpha value is -5.12. The average Bonchev–Trinajstić information content (AvgIpc) is 3.04. The van der Waals surface area contributed by atoms with Gasteiger partial charge in [0.05, 0.1) is 25.4 Å². The molecule has 0 radical (unpaired) electrons. The highest BCUT2D eigenvalue weighted by molar-refractivity contribution is 6.14. The van der Waals surface area contributed by atoms with Crippen molar-refractivity contribution < 1.29 is 73.9 Å². The van der Waals surface area contributed by atoms with Crippen LogP contribution in [0.2, 0.25) is 0 Å². The smallest absolute Gasteiger partial charge is 0.358 e. The fraction of sp³-hybridized carbons (Fsp3) is 0.375. The van der Waals surface area contributed by atoms with Crippen molar-refractivity contribution in [1.82, 2.24) is 0 Å². The van der Waals surface area contributed by atoms with Crippen molar-refractivity contribution in [1.29, 1.82) is 0 Å². The topological polar surface area (TPSA) is 247 Å². The normalized spacial score (nSPS) is 29.5. The molecule has 15 heteroatoms. The Morgan fingerprint density at radius 1 is 0.809 bits per heavy atom. The number of ether oxygens (including phenoxy) is 4. The number of hydrogen-bond donors (Lipinski definition) is 7. The quantitative estimate of drug-likeness (QED) is 0.226. The lowest BCUT2D eigenvalue weighted by atomic mass is 9.69. The van der Waals surface area contributed by atoms with Gasteiger partial charge in [0.15, 0.2) is 11.6 Å². The van der Waals surface area contributed by atoms with E-state index in [-0.39, 0.29) is 23.3 Å². The number of rotatable bonds is 4. The maximum absolute atomic E-state index is 13.3. The molecule has 15 nitrogen and oxygen atoms in total. The summed E-state index contributed by atoms with van der Waals surface area (Å²) in [5.74, 6) is -10.1. The lowest BCUT2D eigenvalue weighted by Gasteiger charge is -2.46. The molecule has 2 aromatic carbocycles. The molecule has 6 atom stereocenters. The van der Waals surface area contributed by atoms with Crippen LogP contribution in [0.3, 0.4) is 0 Å². The number of methoxy groups -OCH3 is 2. The first kappa shape index (κ1) is 31.8. The minimum atomic E-state index is -2.59. The third-order valence-electron chi connectivity index (χ3n) is 9.33. The van der Waals surface area contributed by atoms with Gasteiger partial charge in [-0.05, 0) is 30.2 Å². The Labute approximate surface area is 265 Å². The van der Waals surface area contributed by atoms with Crippen molar-refractivity contribution >= 4 is 35.0 Å². The number of fused-ring (bicyclic) bond motifs is 4. The van der Waals surface area contributed by atoms with Crippen molar-refractivity contribution in [3.63, 3.8) is 0 Å². The number of aliphatic hydroxyl groups excluding tert-OH is 5. The number of Topliss-reactive ketones (excluding diaryl/α,β-unsaturated/α-hetero) is 2. The maximum Gasteiger partial charge on any atom is 0.358 e. The zero-order valence-corrected chi connectivity index (χ0v) is 25.1. The summed E-state index contributed by atoms with van der Waals surface area (Å²) in [4.78, 5) is 52.8. The number of benzene rings is 2. The number of ketones is 2. The van der Waals surface area contributed by atoms with Crippen LogP contribution in [-0.4, -0.2) is 103 Å². The first-order valence-corrected chi connectivity index (χ1v) is 14.4. The van der Waals surface area contributed by atoms with Gasteiger partial charge in [0.2, 0.25) is 0 Å². The van der Waals surface area contributed by atoms with Crippen molar-refractivity contribution in [3.8, 4) is 34.1 Å². The summed E-state index contributed by atoms with van der Waals surface area (Å²) in [6, 6.07) is 4.69. The number of carbonyl (C=O) groups is 4. The highest BCUT2D eigenvalue weighted by Crippen LogP contribution is 2.56. The first-order chi connectivity index (χ1) is 22.2. The molecule has 2 aliphatic heterocycles. The Morgan fingerprint density at radius 2 is 1.36 bits per heavy atom. The summed E-state index contributed by atoms with van der Waals surface area (Å²) < 4.78 is 21.7. The fourth-order valence-electron chi connectivity index (χ4n) is 7.04. The van der Waals surface area contributed by atoms with Crippen LogP contribution in [0.25, 0.3) is 22.6 Å². The van der Waals surface area contributed by atoms with Gasteiger partial charge in [0, 0.05) is 36.5 Å². The molecule has 6 rings (SSSR count). The maximum atomic E-state index is 13.3. The van der Waals surface area contributed by atoms with Gasteiger partial charge in [-0.15, -0.1) is 0 Å². The van der Waals surface area contributed by atoms with Crippen LogP contribution in [0.5, 0.6) is 23.0 Å². The SMILES string of the molecule is COC(=O)C12Oc3c(-c4ccc5c(c4O)C(O)=C4C(=O)CC(CO)C(O)C4(C(=O)OC)O5)ccc(O)c3C(O)=C1C(=O)CC(C)C2O. The van der Waals surface area contributed by atoms with E-state index in [1.807, 2.05) is 0 Å². The van der Waals surface area contributed by atoms with Crippen molar-refractivity contribution in [2.75, 3.05) is 20.8 Å². The molecule has 2 heterocycles. The summed E-state index contributed by atoms with van der Waals surface area (Å²) in [6.45, 7) is 0.775. The molecule has 0 aromatic heterocycles. The molecule has 0 spiro atoms. The Kier molecular flexibility index (Phi) is 7.26. The zero-order valence-electron chi connectivity index (χ0n) is 25.1. The predicted molar refractivity (Wildman–Crippen MR) is 156 cm³/mol. The number of phenols is 2. The molecular weight excluding hydrogens is 624 g/mol. The molecule has 0 saturated heterocycles. The van der Waals surface area contributed by atoms with E-state index in [1.165, 1.54) is 25.1 Å². The molecule has 47 heavy (non-hydrogen) atoms. The fourth-order valence-corrected chi connectivity index (χ4v) is 7.04. The van der Waals surface area contributed by atoms with E-state index in [0.717, 1.165) is 20.3 Å². The van der Waals surface area contributed by atoms with Gasteiger partial charge in [0.25, 0.3) is 11.2 Å². The Morgan fingerprint density at radius 3 is 1.96 bits per heavy atom. The summed E-state index contributed by atoms with van der Waals surface area (Å²) in [5.41, 5.74) is -7.80. The molecule has 7 N–H and O–H groups in total. The second-order valence-electron chi connectivity index (χ2n) is 11.8. The predicted octanol–water partition coefficient (Wildman–Crippen LogP) is 0.823. The van der Waals surface area contributed by atoms with Gasteiger partial charge in [-0.25, -0.2) is 9.59 Å². The number of phenolic OH excluding ortho intramolecular Hbond substituents is 2. The monoisotopic (exact) mass is 654 g/mol. The third kappa shape index (κ3) is 3.96. The van der Waals surface area contributed by atoms with E-state index < -0.39 is 123 Å². The van der Waals surface area contributed by atoms with Gasteiger partial charge in [-0.1, -0.05) is 6.92 Å². The second-order valence-corrected chi connectivity index (χ2v) is 11.8. The number of esters is 2. The molecule has 2 fully saturated rings. The van der Waals surface area contributed by atoms with Crippen LogP contribution < -0.4 is 9.47 Å². The van der Waals surface area contributed by atoms with Crippen LogP contribution >= 0.6 is 0 Å². The number of aromatic hydroxyl groups is 2. The van der Waals surface area contributed by atoms with E-state index in [4.69, 9.17) is 18.9 Å². The number of aliphatic hydroxyl groups is 5. The molecule has 0 amide bonds. The van der Waals surface area contributed by atoms with E-state index in [9.17, 15) is 54.9 Å². The van der Waals surface area contributed by atoms with E-state index >= 15 is 0 Å². The zero-order chi connectivity index (χ0) is 34.3. The van der Waals surface area contributed by atoms with E-state index in [0.29, 0.717) is 0 Å². The molecule has 4 aliphatic rings. The van der Waals surface area contributed by atoms with Crippen molar-refractivity contribution in [2.24, 2.45) is 11.8 Å². The van der Waals surface area contributed by atoms with Crippen LogP contribution in [0.15, 0.2) is 35.4 Å². The molecule has 0 bridgehead atoms. The molecule has 248 valence electrons. The lowest BCUT2D eigenvalue weighted by molar-refractivity contribution is -0.175. The van der Waals surface area contributed by atoms with Crippen LogP contribution in [0.1, 0.15) is 30.9 Å². The van der Waals surface area contributed by atoms with Crippen LogP contribution in [-0.2, 0) is 28.7 Å². The van der Waals surface area contributed by atoms with Crippen LogP contribution in [0, 0.1) is 11.8 Å². The minimum Gasteiger partial charge on any atom is -0.507 e. The van der Waals surface area contributed by atoms with E-state index in [2.05, 4.69) is 0 Å². The van der Waals surface area contributed by atoms with Gasteiger partial charge in [-0.3, -0.25) is 9.59 Å². The Bertz CT molecular complexity index is 1840. The van der Waals surface area contributed by atoms with Crippen molar-refractivity contribution in [3.05, 3.63) is 46.5 Å². The third-order valence-corrected chi connectivity index (χ3v) is 9.33. The summed E-state index contributed by atoms with van der Waals surface area (Å²) in [6.07, 6.45) is -4.33. The number of hydrogen-bond acceptors (Lipinski definition) is 15. The minimum absolute atomic E-state index is 0.136. The highest BCUT2D eigenvalue weighted by Gasteiger charge is 2.65. The molecule has 2 aromatic rings. The molecule has 2 saturated carbocycles. The lowest BCUT2D eigenvalue weighted by Crippen LogP contribution is -2.65. The summed E-state index contributed by atoms with van der Waals surface area (Å²) in [7, 11) is 1.95. The molecule has 2 aliphatic carbocycles. The molecule has 6 unspecified atom stereocenters. The largest absolute Gasteiger partial charge is 0.507 e. The summed E-state index contributed by atoms with van der Waals surface area (Å²) in [5, 5.41) is 77.4. The van der Waals surface area contributed by atoms with Gasteiger partial charge < -0.3 is 54.7 Å². The van der Waals surface area contributed by atoms with Gasteiger partial charge in [0.1, 0.15) is 57.9 Å². The summed E-state index contributed by atoms with van der Waals surface area (Å²) >= 11 is 0. The number of carbonyl (C=O) groups excluding carboxylic acids is 4. The Balaban J connectivity index is 1.60.